The van der Waals surface area contributed by atoms with E-state index in [0.29, 0.717) is 19.8 Å². The number of nitrogens with one attached hydrogen (secondary N) is 2. The summed E-state index contributed by atoms with van der Waals surface area (Å²) in [5, 5.41) is 14.2. The molecular weight excluding hydrogens is 300 g/mol. The zero-order valence-corrected chi connectivity index (χ0v) is 11.6. The standard InChI is InChI=1S/C12H17BrN2O3/c13-10-3-1-2-4-11(10)15-12(17)9-14-5-7-18-8-6-16/h1-4,14,16H,5-9H2,(H,15,17). The fraction of sp³-hybridized carbons (Fsp3) is 0.417. The van der Waals surface area contributed by atoms with Crippen molar-refractivity contribution < 1.29 is 14.6 Å². The van der Waals surface area contributed by atoms with Crippen LogP contribution in [0.5, 0.6) is 0 Å². The Morgan fingerprint density at radius 3 is 2.83 bits per heavy atom. The zero-order valence-electron chi connectivity index (χ0n) is 9.99. The molecule has 5 nitrogen and oxygen atoms in total. The molecule has 1 amide bonds. The van der Waals surface area contributed by atoms with Gasteiger partial charge in [-0.15, -0.1) is 0 Å². The summed E-state index contributed by atoms with van der Waals surface area (Å²) in [5.74, 6) is -0.107. The Kier molecular flexibility index (Phi) is 7.59. The SMILES string of the molecule is O=C(CNCCOCCO)Nc1ccccc1Br. The van der Waals surface area contributed by atoms with Crippen LogP contribution in [0, 0.1) is 0 Å². The normalized spacial score (nSPS) is 10.3. The van der Waals surface area contributed by atoms with Crippen molar-refractivity contribution in [2.75, 3.05) is 38.2 Å². The van der Waals surface area contributed by atoms with Crippen LogP contribution in [0.4, 0.5) is 5.69 Å². The molecule has 1 aromatic carbocycles. The number of carbonyl (C=O) groups excluding carboxylic acids is 1. The second kappa shape index (κ2) is 9.04. The molecule has 0 bridgehead atoms. The third-order valence-corrected chi connectivity index (χ3v) is 2.78. The smallest absolute Gasteiger partial charge is 0.238 e. The summed E-state index contributed by atoms with van der Waals surface area (Å²) < 4.78 is 5.90. The molecule has 0 saturated carbocycles. The van der Waals surface area contributed by atoms with Gasteiger partial charge >= 0.3 is 0 Å². The van der Waals surface area contributed by atoms with Crippen molar-refractivity contribution in [3.63, 3.8) is 0 Å². The molecule has 0 heterocycles. The molecule has 0 fully saturated rings. The lowest BCUT2D eigenvalue weighted by atomic mass is 10.3. The molecule has 0 aliphatic carbocycles. The highest BCUT2D eigenvalue weighted by Crippen LogP contribution is 2.20. The quantitative estimate of drug-likeness (QED) is 0.625. The van der Waals surface area contributed by atoms with E-state index in [1.165, 1.54) is 0 Å². The van der Waals surface area contributed by atoms with E-state index < -0.39 is 0 Å². The lowest BCUT2D eigenvalue weighted by Crippen LogP contribution is -2.30. The minimum atomic E-state index is -0.107. The first-order valence-electron chi connectivity index (χ1n) is 5.67. The molecule has 0 spiro atoms. The molecule has 1 aromatic rings. The van der Waals surface area contributed by atoms with Crippen molar-refractivity contribution in [1.82, 2.24) is 5.32 Å². The number of aliphatic hydroxyl groups excluding tert-OH is 1. The van der Waals surface area contributed by atoms with E-state index in [2.05, 4.69) is 26.6 Å². The maximum atomic E-state index is 11.6. The van der Waals surface area contributed by atoms with Gasteiger partial charge in [-0.05, 0) is 28.1 Å². The third kappa shape index (κ3) is 6.11. The van der Waals surface area contributed by atoms with Gasteiger partial charge in [0.25, 0.3) is 0 Å². The summed E-state index contributed by atoms with van der Waals surface area (Å²) >= 11 is 3.36. The van der Waals surface area contributed by atoms with Crippen molar-refractivity contribution in [2.24, 2.45) is 0 Å². The van der Waals surface area contributed by atoms with Crippen LogP contribution in [-0.4, -0.2) is 43.9 Å². The van der Waals surface area contributed by atoms with Crippen molar-refractivity contribution in [3.8, 4) is 0 Å². The Morgan fingerprint density at radius 1 is 1.33 bits per heavy atom. The predicted molar refractivity (Wildman–Crippen MR) is 73.5 cm³/mol. The summed E-state index contributed by atoms with van der Waals surface area (Å²) in [4.78, 5) is 11.6. The van der Waals surface area contributed by atoms with Gasteiger partial charge in [-0.2, -0.15) is 0 Å². The van der Waals surface area contributed by atoms with E-state index in [1.807, 2.05) is 24.3 Å². The van der Waals surface area contributed by atoms with Gasteiger partial charge in [0.2, 0.25) is 5.91 Å². The molecule has 0 aromatic heterocycles. The molecule has 1 rings (SSSR count). The van der Waals surface area contributed by atoms with Gasteiger partial charge in [-0.25, -0.2) is 0 Å². The molecule has 0 aliphatic heterocycles. The van der Waals surface area contributed by atoms with Crippen LogP contribution in [-0.2, 0) is 9.53 Å². The molecule has 0 radical (unpaired) electrons. The Labute approximate surface area is 115 Å². The Morgan fingerprint density at radius 2 is 2.11 bits per heavy atom. The van der Waals surface area contributed by atoms with Crippen molar-refractivity contribution in [1.29, 1.82) is 0 Å². The van der Waals surface area contributed by atoms with E-state index in [1.54, 1.807) is 0 Å². The van der Waals surface area contributed by atoms with E-state index in [-0.39, 0.29) is 19.1 Å². The molecule has 0 atom stereocenters. The minimum absolute atomic E-state index is 0.0164. The largest absolute Gasteiger partial charge is 0.394 e. The fourth-order valence-corrected chi connectivity index (χ4v) is 1.65. The molecule has 3 N–H and O–H groups in total. The predicted octanol–water partition coefficient (Wildman–Crippen LogP) is 0.986. The van der Waals surface area contributed by atoms with Gasteiger partial charge in [-0.1, -0.05) is 12.1 Å². The molecule has 100 valence electrons. The van der Waals surface area contributed by atoms with E-state index in [4.69, 9.17) is 9.84 Å². The van der Waals surface area contributed by atoms with Crippen LogP contribution >= 0.6 is 15.9 Å². The number of para-hydroxylation sites is 1. The Balaban J connectivity index is 2.16. The third-order valence-electron chi connectivity index (χ3n) is 2.09. The van der Waals surface area contributed by atoms with Crippen LogP contribution in [0.2, 0.25) is 0 Å². The monoisotopic (exact) mass is 316 g/mol. The number of ether oxygens (including phenoxy) is 1. The first kappa shape index (κ1) is 15.1. The van der Waals surface area contributed by atoms with Gasteiger partial charge in [0.15, 0.2) is 0 Å². The summed E-state index contributed by atoms with van der Waals surface area (Å²) in [6.45, 7) is 1.61. The molecule has 0 aliphatic rings. The number of amides is 1. The number of carbonyl (C=O) groups is 1. The second-order valence-corrected chi connectivity index (χ2v) is 4.40. The van der Waals surface area contributed by atoms with Gasteiger partial charge < -0.3 is 20.5 Å². The Hall–Kier alpha value is -0.950. The van der Waals surface area contributed by atoms with Crippen LogP contribution < -0.4 is 10.6 Å². The highest BCUT2D eigenvalue weighted by atomic mass is 79.9. The summed E-state index contributed by atoms with van der Waals surface area (Å²) in [5.41, 5.74) is 0.751. The lowest BCUT2D eigenvalue weighted by Gasteiger charge is -2.08. The highest BCUT2D eigenvalue weighted by molar-refractivity contribution is 9.10. The van der Waals surface area contributed by atoms with Crippen molar-refractivity contribution >= 4 is 27.5 Å². The van der Waals surface area contributed by atoms with E-state index >= 15 is 0 Å². The molecule has 6 heteroatoms. The fourth-order valence-electron chi connectivity index (χ4n) is 1.27. The van der Waals surface area contributed by atoms with Gasteiger partial charge in [0, 0.05) is 11.0 Å². The van der Waals surface area contributed by atoms with E-state index in [9.17, 15) is 4.79 Å². The van der Waals surface area contributed by atoms with Crippen LogP contribution in [0.25, 0.3) is 0 Å². The minimum Gasteiger partial charge on any atom is -0.394 e. The zero-order chi connectivity index (χ0) is 13.2. The molecule has 18 heavy (non-hydrogen) atoms. The number of benzene rings is 1. The van der Waals surface area contributed by atoms with Gasteiger partial charge in [-0.3, -0.25) is 4.79 Å². The van der Waals surface area contributed by atoms with Crippen molar-refractivity contribution in [3.05, 3.63) is 28.7 Å². The van der Waals surface area contributed by atoms with Gasteiger partial charge in [0.05, 0.1) is 32.1 Å². The topological polar surface area (TPSA) is 70.6 Å². The van der Waals surface area contributed by atoms with Crippen LogP contribution in [0.1, 0.15) is 0 Å². The summed E-state index contributed by atoms with van der Waals surface area (Å²) in [6.07, 6.45) is 0. The molecule has 0 saturated heterocycles. The lowest BCUT2D eigenvalue weighted by molar-refractivity contribution is -0.115. The molecular formula is C12H17BrN2O3. The first-order chi connectivity index (χ1) is 8.74. The number of rotatable bonds is 8. The van der Waals surface area contributed by atoms with Crippen molar-refractivity contribution in [2.45, 2.75) is 0 Å². The highest BCUT2D eigenvalue weighted by Gasteiger charge is 2.03. The maximum absolute atomic E-state index is 11.6. The number of aliphatic hydroxyl groups is 1. The number of hydrogen-bond donors (Lipinski definition) is 3. The number of halogens is 1. The maximum Gasteiger partial charge on any atom is 0.238 e. The van der Waals surface area contributed by atoms with Crippen LogP contribution in [0.15, 0.2) is 28.7 Å². The first-order valence-corrected chi connectivity index (χ1v) is 6.47. The van der Waals surface area contributed by atoms with Gasteiger partial charge in [0.1, 0.15) is 0 Å². The summed E-state index contributed by atoms with van der Waals surface area (Å²) in [6, 6.07) is 7.44. The number of hydrogen-bond acceptors (Lipinski definition) is 4. The Bertz CT molecular complexity index is 374. The number of anilines is 1. The second-order valence-electron chi connectivity index (χ2n) is 3.54. The molecule has 0 unspecified atom stereocenters. The van der Waals surface area contributed by atoms with E-state index in [0.717, 1.165) is 10.2 Å². The average molecular weight is 317 g/mol. The average Bonchev–Trinajstić information content (AvgIpc) is 2.36. The summed E-state index contributed by atoms with van der Waals surface area (Å²) in [7, 11) is 0. The van der Waals surface area contributed by atoms with Crippen LogP contribution in [0.3, 0.4) is 0 Å².